The molecule has 28 heavy (non-hydrogen) atoms. The molecule has 2 rings (SSSR count). The molecule has 148 valence electrons. The van der Waals surface area contributed by atoms with Gasteiger partial charge in [-0.25, -0.2) is 5.43 Å². The second kappa shape index (κ2) is 10.8. The van der Waals surface area contributed by atoms with Gasteiger partial charge in [-0.2, -0.15) is 20.7 Å². The zero-order chi connectivity index (χ0) is 21.2. The lowest BCUT2D eigenvalue weighted by atomic mass is 9.94. The van der Waals surface area contributed by atoms with Crippen molar-refractivity contribution >= 4 is 23.0 Å². The highest BCUT2D eigenvalue weighted by atomic mass is 16.3. The summed E-state index contributed by atoms with van der Waals surface area (Å²) in [5.74, 6) is -0.0289. The van der Waals surface area contributed by atoms with E-state index < -0.39 is 0 Å². The van der Waals surface area contributed by atoms with E-state index in [1.54, 1.807) is 24.3 Å². The number of nitrogens with zero attached hydrogens (tertiary/aromatic N) is 5. The molecular weight excluding hydrogens is 358 g/mol. The van der Waals surface area contributed by atoms with Gasteiger partial charge in [-0.05, 0) is 17.7 Å². The largest absolute Gasteiger partial charge is 0.391 e. The van der Waals surface area contributed by atoms with E-state index >= 15 is 0 Å². The minimum atomic E-state index is -0.243. The number of hydrogen-bond donors (Lipinski definition) is 3. The smallest absolute Gasteiger partial charge is 0.240 e. The number of aliphatic hydroxyl groups is 1. The Morgan fingerprint density at radius 2 is 1.93 bits per heavy atom. The number of hydrogen-bond acceptors (Lipinski definition) is 7. The van der Waals surface area contributed by atoms with Crippen molar-refractivity contribution in [1.82, 2.24) is 5.43 Å². The van der Waals surface area contributed by atoms with Crippen molar-refractivity contribution in [2.45, 2.75) is 13.3 Å². The molecule has 9 heteroatoms. The maximum atomic E-state index is 11.2. The SMILES string of the molecule is C[C@@H]1CC(=O)NN=C1c1ccc(NN=C(C#N)C#N)cc1.C[N+](C)(C)CCO. The van der Waals surface area contributed by atoms with Crippen molar-refractivity contribution in [3.8, 4) is 12.1 Å². The van der Waals surface area contributed by atoms with Crippen LogP contribution in [0, 0.1) is 28.6 Å². The molecule has 1 amide bonds. The summed E-state index contributed by atoms with van der Waals surface area (Å²) >= 11 is 0. The molecule has 0 radical (unpaired) electrons. The van der Waals surface area contributed by atoms with Crippen molar-refractivity contribution in [2.75, 3.05) is 39.7 Å². The molecule has 0 fully saturated rings. The summed E-state index contributed by atoms with van der Waals surface area (Å²) < 4.78 is 0.844. The average Bonchev–Trinajstić information content (AvgIpc) is 2.63. The van der Waals surface area contributed by atoms with Gasteiger partial charge in [-0.15, -0.1) is 0 Å². The van der Waals surface area contributed by atoms with Crippen LogP contribution in [0.1, 0.15) is 18.9 Å². The molecule has 0 aromatic heterocycles. The quantitative estimate of drug-likeness (QED) is 0.396. The summed E-state index contributed by atoms with van der Waals surface area (Å²) in [5, 5.41) is 33.3. The molecule has 1 atom stereocenters. The number of carbonyl (C=O) groups excluding carboxylic acids is 1. The van der Waals surface area contributed by atoms with Crippen LogP contribution in [0.25, 0.3) is 0 Å². The first-order valence-corrected chi connectivity index (χ1v) is 8.72. The number of aliphatic hydroxyl groups excluding tert-OH is 1. The molecule has 0 aliphatic carbocycles. The third kappa shape index (κ3) is 7.96. The first-order chi connectivity index (χ1) is 13.2. The van der Waals surface area contributed by atoms with Gasteiger partial charge in [0.2, 0.25) is 11.6 Å². The van der Waals surface area contributed by atoms with Gasteiger partial charge in [-0.1, -0.05) is 19.1 Å². The molecule has 9 nitrogen and oxygen atoms in total. The van der Waals surface area contributed by atoms with Crippen molar-refractivity contribution < 1.29 is 14.4 Å². The topological polar surface area (TPSA) is 134 Å². The van der Waals surface area contributed by atoms with Crippen LogP contribution in [-0.2, 0) is 4.79 Å². The highest BCUT2D eigenvalue weighted by molar-refractivity contribution is 6.10. The number of anilines is 1. The fourth-order valence-corrected chi connectivity index (χ4v) is 2.21. The minimum absolute atomic E-state index is 0.0550. The van der Waals surface area contributed by atoms with Crippen LogP contribution < -0.4 is 10.9 Å². The van der Waals surface area contributed by atoms with Gasteiger partial charge < -0.3 is 9.59 Å². The Labute approximate surface area is 165 Å². The third-order valence-electron chi connectivity index (χ3n) is 3.72. The molecule has 1 aromatic rings. The van der Waals surface area contributed by atoms with E-state index in [0.717, 1.165) is 22.3 Å². The Morgan fingerprint density at radius 3 is 2.36 bits per heavy atom. The predicted molar refractivity (Wildman–Crippen MR) is 107 cm³/mol. The van der Waals surface area contributed by atoms with Crippen molar-refractivity contribution in [1.29, 1.82) is 10.5 Å². The van der Waals surface area contributed by atoms with Crippen LogP contribution in [0.5, 0.6) is 0 Å². The van der Waals surface area contributed by atoms with E-state index in [0.29, 0.717) is 12.1 Å². The number of nitrogens with one attached hydrogen (secondary N) is 2. The molecule has 0 bridgehead atoms. The molecule has 3 N–H and O–H groups in total. The van der Waals surface area contributed by atoms with Crippen LogP contribution in [0.15, 0.2) is 34.5 Å². The fraction of sp³-hybridized carbons (Fsp3) is 0.421. The number of nitriles is 2. The Balaban J connectivity index is 0.000000480. The summed E-state index contributed by atoms with van der Waals surface area (Å²) in [5.41, 5.74) is 7.22. The van der Waals surface area contributed by atoms with Crippen LogP contribution in [-0.4, -0.2) is 61.2 Å². The molecule has 1 aromatic carbocycles. The number of quaternary nitrogens is 1. The van der Waals surface area contributed by atoms with Crippen LogP contribution in [0.3, 0.4) is 0 Å². The van der Waals surface area contributed by atoms with Crippen LogP contribution >= 0.6 is 0 Å². The predicted octanol–water partition coefficient (Wildman–Crippen LogP) is 1.05. The lowest BCUT2D eigenvalue weighted by Gasteiger charge is -2.21. The van der Waals surface area contributed by atoms with E-state index in [4.69, 9.17) is 15.6 Å². The van der Waals surface area contributed by atoms with Gasteiger partial charge in [0.1, 0.15) is 18.7 Å². The Morgan fingerprint density at radius 1 is 1.32 bits per heavy atom. The number of rotatable bonds is 5. The highest BCUT2D eigenvalue weighted by Gasteiger charge is 2.21. The van der Waals surface area contributed by atoms with Gasteiger partial charge in [0.05, 0.1) is 39.1 Å². The zero-order valence-electron chi connectivity index (χ0n) is 16.6. The number of likely N-dealkylation sites (N-methyl/N-ethyl adjacent to an activating group) is 1. The number of benzene rings is 1. The molecule has 0 spiro atoms. The van der Waals surface area contributed by atoms with E-state index in [2.05, 4.69) is 42.2 Å². The molecule has 0 unspecified atom stereocenters. The van der Waals surface area contributed by atoms with Gasteiger partial charge in [0.25, 0.3) is 0 Å². The molecular formula is C19H26N7O2+. The van der Waals surface area contributed by atoms with Crippen molar-refractivity contribution in [2.24, 2.45) is 16.1 Å². The summed E-state index contributed by atoms with van der Waals surface area (Å²) in [7, 11) is 6.16. The van der Waals surface area contributed by atoms with Gasteiger partial charge >= 0.3 is 0 Å². The lowest BCUT2D eigenvalue weighted by molar-refractivity contribution is -0.870. The summed E-state index contributed by atoms with van der Waals surface area (Å²) in [6, 6.07) is 10.5. The maximum Gasteiger partial charge on any atom is 0.240 e. The Hall–Kier alpha value is -3.27. The monoisotopic (exact) mass is 384 g/mol. The van der Waals surface area contributed by atoms with Gasteiger partial charge in [-0.3, -0.25) is 10.2 Å². The van der Waals surface area contributed by atoms with Gasteiger partial charge in [0, 0.05) is 12.3 Å². The maximum absolute atomic E-state index is 11.2. The van der Waals surface area contributed by atoms with E-state index in [9.17, 15) is 4.79 Å². The average molecular weight is 384 g/mol. The molecule has 0 saturated heterocycles. The van der Waals surface area contributed by atoms with Gasteiger partial charge in [0.15, 0.2) is 0 Å². The first-order valence-electron chi connectivity index (χ1n) is 8.72. The minimum Gasteiger partial charge on any atom is -0.391 e. The fourth-order valence-electron chi connectivity index (χ4n) is 2.21. The highest BCUT2D eigenvalue weighted by Crippen LogP contribution is 2.18. The Kier molecular flexibility index (Phi) is 8.76. The van der Waals surface area contributed by atoms with E-state index in [1.165, 1.54) is 0 Å². The zero-order valence-corrected chi connectivity index (χ0v) is 16.6. The van der Waals surface area contributed by atoms with Crippen LogP contribution in [0.2, 0.25) is 0 Å². The molecule has 1 aliphatic rings. The second-order valence-electron chi connectivity index (χ2n) is 7.25. The first kappa shape index (κ1) is 22.8. The number of carbonyl (C=O) groups is 1. The molecule has 1 aliphatic heterocycles. The van der Waals surface area contributed by atoms with Crippen molar-refractivity contribution in [3.05, 3.63) is 29.8 Å². The third-order valence-corrected chi connectivity index (χ3v) is 3.72. The molecule has 0 saturated carbocycles. The lowest BCUT2D eigenvalue weighted by Crippen LogP contribution is -2.36. The van der Waals surface area contributed by atoms with E-state index in [1.807, 2.05) is 19.1 Å². The van der Waals surface area contributed by atoms with E-state index in [-0.39, 0.29) is 24.1 Å². The second-order valence-corrected chi connectivity index (χ2v) is 7.25. The summed E-state index contributed by atoms with van der Waals surface area (Å²) in [6.45, 7) is 3.06. The van der Waals surface area contributed by atoms with Crippen molar-refractivity contribution in [3.63, 3.8) is 0 Å². The standard InChI is InChI=1S/C14H12N6O.C5H14NO/c1-9-6-13(21)19-20-14(9)10-2-4-11(5-3-10)17-18-12(7-15)8-16;1-6(2,3)4-5-7/h2-5,9,17H,6H2,1H3,(H,19,21);7H,4-5H2,1-3H3/q;+1/t9-;/m1./s1. The number of hydrazone groups is 2. The van der Waals surface area contributed by atoms with Crippen LogP contribution in [0.4, 0.5) is 5.69 Å². The normalized spacial score (nSPS) is 15.6. The number of amides is 1. The molecule has 1 heterocycles. The summed E-state index contributed by atoms with van der Waals surface area (Å²) in [6.07, 6.45) is 0.414. The summed E-state index contributed by atoms with van der Waals surface area (Å²) in [4.78, 5) is 11.2. The Bertz CT molecular complexity index is 793.